The Morgan fingerprint density at radius 1 is 1.00 bits per heavy atom. The number of fused-ring (bicyclic) bond motifs is 1. The van der Waals surface area contributed by atoms with Gasteiger partial charge in [0.2, 0.25) is 0 Å². The average Bonchev–Trinajstić information content (AvgIpc) is 2.53. The van der Waals surface area contributed by atoms with Gasteiger partial charge in [-0.2, -0.15) is 0 Å². The summed E-state index contributed by atoms with van der Waals surface area (Å²) in [4.78, 5) is 0. The molecule has 0 saturated heterocycles. The minimum Gasteiger partial charge on any atom is -0.496 e. The van der Waals surface area contributed by atoms with E-state index in [-0.39, 0.29) is 5.92 Å². The molecule has 1 aliphatic heterocycles. The number of benzene rings is 2. The highest BCUT2D eigenvalue weighted by Gasteiger charge is 2.24. The normalized spacial score (nSPS) is 16.2. The second-order valence-corrected chi connectivity index (χ2v) is 4.58. The van der Waals surface area contributed by atoms with E-state index in [1.807, 2.05) is 36.4 Å². The summed E-state index contributed by atoms with van der Waals surface area (Å²) in [6.45, 7) is 0. The quantitative estimate of drug-likeness (QED) is 0.848. The molecule has 0 unspecified atom stereocenters. The van der Waals surface area contributed by atoms with Crippen molar-refractivity contribution in [3.8, 4) is 17.2 Å². The monoisotopic (exact) mass is 268 g/mol. The second-order valence-electron chi connectivity index (χ2n) is 4.58. The van der Waals surface area contributed by atoms with Gasteiger partial charge in [-0.05, 0) is 11.6 Å². The van der Waals surface area contributed by atoms with Crippen LogP contribution >= 0.6 is 0 Å². The molecule has 0 spiro atoms. The average molecular weight is 268 g/mol. The molecule has 0 N–H and O–H groups in total. The molecule has 0 fully saturated rings. The Morgan fingerprint density at radius 3 is 2.50 bits per heavy atom. The molecule has 0 radical (unpaired) electrons. The summed E-state index contributed by atoms with van der Waals surface area (Å²) in [5.41, 5.74) is 2.23. The summed E-state index contributed by atoms with van der Waals surface area (Å²) in [5, 5.41) is 0. The number of hydrogen-bond acceptors (Lipinski definition) is 3. The standard InChI is InChI=1S/C17H16O3/c1-18-13-10-15(19-2)17-14(8-9-20-16(17)11-13)12-6-4-3-5-7-12/h3-11,14H,1-2H3/t14-/m0/s1. The maximum absolute atomic E-state index is 5.62. The van der Waals surface area contributed by atoms with Gasteiger partial charge in [-0.1, -0.05) is 30.3 Å². The van der Waals surface area contributed by atoms with Gasteiger partial charge in [0.25, 0.3) is 0 Å². The van der Waals surface area contributed by atoms with Crippen molar-refractivity contribution in [2.45, 2.75) is 5.92 Å². The van der Waals surface area contributed by atoms with E-state index in [0.29, 0.717) is 0 Å². The highest BCUT2D eigenvalue weighted by atomic mass is 16.5. The number of hydrogen-bond donors (Lipinski definition) is 0. The Labute approximate surface area is 118 Å². The van der Waals surface area contributed by atoms with Crippen molar-refractivity contribution in [2.75, 3.05) is 14.2 Å². The predicted molar refractivity (Wildman–Crippen MR) is 77.6 cm³/mol. The lowest BCUT2D eigenvalue weighted by molar-refractivity contribution is 0.376. The van der Waals surface area contributed by atoms with Gasteiger partial charge < -0.3 is 14.2 Å². The van der Waals surface area contributed by atoms with Crippen molar-refractivity contribution in [1.82, 2.24) is 0 Å². The summed E-state index contributed by atoms with van der Waals surface area (Å²) in [7, 11) is 3.30. The first-order chi connectivity index (χ1) is 9.83. The molecular weight excluding hydrogens is 252 g/mol. The van der Waals surface area contributed by atoms with Crippen molar-refractivity contribution < 1.29 is 14.2 Å². The predicted octanol–water partition coefficient (Wildman–Crippen LogP) is 3.74. The maximum Gasteiger partial charge on any atom is 0.138 e. The molecule has 0 aliphatic carbocycles. The van der Waals surface area contributed by atoms with Crippen molar-refractivity contribution in [2.24, 2.45) is 0 Å². The number of methoxy groups -OCH3 is 2. The topological polar surface area (TPSA) is 27.7 Å². The van der Waals surface area contributed by atoms with Crippen molar-refractivity contribution in [3.05, 3.63) is 65.9 Å². The molecule has 0 aromatic heterocycles. The largest absolute Gasteiger partial charge is 0.496 e. The van der Waals surface area contributed by atoms with E-state index >= 15 is 0 Å². The molecule has 0 amide bonds. The third kappa shape index (κ3) is 2.11. The highest BCUT2D eigenvalue weighted by molar-refractivity contribution is 5.58. The van der Waals surface area contributed by atoms with Crippen LogP contribution in [0.15, 0.2) is 54.8 Å². The zero-order valence-electron chi connectivity index (χ0n) is 11.5. The van der Waals surface area contributed by atoms with E-state index in [0.717, 1.165) is 22.8 Å². The molecule has 1 atom stereocenters. The minimum atomic E-state index is 0.126. The van der Waals surface area contributed by atoms with Gasteiger partial charge in [-0.3, -0.25) is 0 Å². The Hall–Kier alpha value is -2.42. The van der Waals surface area contributed by atoms with Gasteiger partial charge >= 0.3 is 0 Å². The Kier molecular flexibility index (Phi) is 3.33. The third-order valence-electron chi connectivity index (χ3n) is 3.47. The van der Waals surface area contributed by atoms with E-state index in [2.05, 4.69) is 12.1 Å². The fraction of sp³-hybridized carbons (Fsp3) is 0.176. The molecule has 2 aromatic rings. The molecule has 3 heteroatoms. The third-order valence-corrected chi connectivity index (χ3v) is 3.47. The van der Waals surface area contributed by atoms with Gasteiger partial charge in [-0.15, -0.1) is 0 Å². The molecule has 3 rings (SSSR count). The Bertz CT molecular complexity index is 632. The highest BCUT2D eigenvalue weighted by Crippen LogP contribution is 2.44. The number of rotatable bonds is 3. The van der Waals surface area contributed by atoms with Crippen LogP contribution in [-0.4, -0.2) is 14.2 Å². The molecule has 102 valence electrons. The van der Waals surface area contributed by atoms with Crippen LogP contribution in [0.5, 0.6) is 17.2 Å². The lowest BCUT2D eigenvalue weighted by atomic mass is 9.89. The van der Waals surface area contributed by atoms with Gasteiger partial charge in [0.15, 0.2) is 0 Å². The summed E-state index contributed by atoms with van der Waals surface area (Å²) < 4.78 is 16.4. The van der Waals surface area contributed by atoms with Gasteiger partial charge in [-0.25, -0.2) is 0 Å². The van der Waals surface area contributed by atoms with Crippen LogP contribution < -0.4 is 14.2 Å². The van der Waals surface area contributed by atoms with Gasteiger partial charge in [0.05, 0.1) is 20.5 Å². The van der Waals surface area contributed by atoms with Gasteiger partial charge in [0, 0.05) is 23.6 Å². The van der Waals surface area contributed by atoms with Crippen molar-refractivity contribution >= 4 is 0 Å². The van der Waals surface area contributed by atoms with Crippen LogP contribution in [0.3, 0.4) is 0 Å². The van der Waals surface area contributed by atoms with E-state index in [9.17, 15) is 0 Å². The van der Waals surface area contributed by atoms with Crippen LogP contribution in [0.1, 0.15) is 17.0 Å². The fourth-order valence-corrected chi connectivity index (χ4v) is 2.49. The van der Waals surface area contributed by atoms with Crippen LogP contribution in [0.2, 0.25) is 0 Å². The summed E-state index contributed by atoms with van der Waals surface area (Å²) in [6.07, 6.45) is 3.76. The van der Waals surface area contributed by atoms with Crippen LogP contribution in [-0.2, 0) is 0 Å². The number of allylic oxidation sites excluding steroid dienone is 1. The molecule has 1 heterocycles. The van der Waals surface area contributed by atoms with Crippen LogP contribution in [0.25, 0.3) is 0 Å². The molecule has 2 aromatic carbocycles. The van der Waals surface area contributed by atoms with Crippen LogP contribution in [0, 0.1) is 0 Å². The second kappa shape index (κ2) is 5.29. The lowest BCUT2D eigenvalue weighted by Gasteiger charge is -2.24. The van der Waals surface area contributed by atoms with E-state index in [4.69, 9.17) is 14.2 Å². The molecule has 0 bridgehead atoms. The zero-order valence-corrected chi connectivity index (χ0v) is 11.5. The van der Waals surface area contributed by atoms with Crippen molar-refractivity contribution in [1.29, 1.82) is 0 Å². The Balaban J connectivity index is 2.15. The van der Waals surface area contributed by atoms with Gasteiger partial charge in [0.1, 0.15) is 17.2 Å². The molecular formula is C17H16O3. The van der Waals surface area contributed by atoms with E-state index in [1.165, 1.54) is 5.56 Å². The SMILES string of the molecule is COc1cc(OC)c2c(c1)OC=C[C@H]2c1ccccc1. The summed E-state index contributed by atoms with van der Waals surface area (Å²) in [6, 6.07) is 14.1. The number of ether oxygens (including phenoxy) is 3. The van der Waals surface area contributed by atoms with Crippen LogP contribution in [0.4, 0.5) is 0 Å². The Morgan fingerprint density at radius 2 is 1.80 bits per heavy atom. The minimum absolute atomic E-state index is 0.126. The molecule has 3 nitrogen and oxygen atoms in total. The zero-order chi connectivity index (χ0) is 13.9. The molecule has 0 saturated carbocycles. The molecule has 1 aliphatic rings. The first kappa shape index (κ1) is 12.6. The van der Waals surface area contributed by atoms with E-state index in [1.54, 1.807) is 20.5 Å². The summed E-state index contributed by atoms with van der Waals surface area (Å²) >= 11 is 0. The smallest absolute Gasteiger partial charge is 0.138 e. The first-order valence-corrected chi connectivity index (χ1v) is 6.47. The van der Waals surface area contributed by atoms with E-state index < -0.39 is 0 Å². The lowest BCUT2D eigenvalue weighted by Crippen LogP contribution is -2.08. The first-order valence-electron chi connectivity index (χ1n) is 6.47. The summed E-state index contributed by atoms with van der Waals surface area (Å²) in [5.74, 6) is 2.40. The molecule has 20 heavy (non-hydrogen) atoms. The fourth-order valence-electron chi connectivity index (χ4n) is 2.49. The maximum atomic E-state index is 5.62. The van der Waals surface area contributed by atoms with Crippen molar-refractivity contribution in [3.63, 3.8) is 0 Å².